The average molecular weight is 253 g/mol. The van der Waals surface area contributed by atoms with Crippen LogP contribution >= 0.6 is 11.6 Å². The molecule has 0 saturated heterocycles. The molecule has 0 radical (unpaired) electrons. The van der Waals surface area contributed by atoms with Gasteiger partial charge in [-0.15, -0.1) is 0 Å². The van der Waals surface area contributed by atoms with Crippen molar-refractivity contribution in [3.63, 3.8) is 0 Å². The molecule has 1 N–H and O–H groups in total. The monoisotopic (exact) mass is 252 g/mol. The number of anilines is 1. The third-order valence-electron chi connectivity index (χ3n) is 3.73. The van der Waals surface area contributed by atoms with Gasteiger partial charge in [0.25, 0.3) is 0 Å². The van der Waals surface area contributed by atoms with Crippen LogP contribution in [0.1, 0.15) is 25.3 Å². The number of hydrogen-bond acceptors (Lipinski definition) is 2. The van der Waals surface area contributed by atoms with Gasteiger partial charge in [-0.3, -0.25) is 0 Å². The first kappa shape index (κ1) is 12.7. The molecule has 1 unspecified atom stereocenters. The van der Waals surface area contributed by atoms with Crippen molar-refractivity contribution in [2.75, 3.05) is 19.0 Å². The number of hydrogen-bond donors (Lipinski definition) is 1. The predicted molar refractivity (Wildman–Crippen MR) is 74.8 cm³/mol. The van der Waals surface area contributed by atoms with Crippen LogP contribution in [-0.2, 0) is 6.54 Å². The van der Waals surface area contributed by atoms with Gasteiger partial charge in [-0.05, 0) is 50.4 Å². The highest BCUT2D eigenvalue weighted by Crippen LogP contribution is 2.36. The fourth-order valence-electron chi connectivity index (χ4n) is 2.22. The Labute approximate surface area is 109 Å². The van der Waals surface area contributed by atoms with E-state index in [4.69, 9.17) is 11.6 Å². The third kappa shape index (κ3) is 2.93. The summed E-state index contributed by atoms with van der Waals surface area (Å²) in [4.78, 5) is 2.34. The Balaban J connectivity index is 2.12. The Morgan fingerprint density at radius 2 is 2.18 bits per heavy atom. The fraction of sp³-hybridized carbons (Fsp3) is 0.571. The first-order chi connectivity index (χ1) is 8.13. The maximum Gasteiger partial charge on any atom is 0.0471 e. The number of nitrogens with zero attached hydrogens (tertiary/aromatic N) is 1. The van der Waals surface area contributed by atoms with Gasteiger partial charge >= 0.3 is 0 Å². The van der Waals surface area contributed by atoms with Crippen molar-refractivity contribution in [2.24, 2.45) is 5.92 Å². The summed E-state index contributed by atoms with van der Waals surface area (Å²) in [5.74, 6) is 0.871. The van der Waals surface area contributed by atoms with E-state index in [0.29, 0.717) is 6.04 Å². The van der Waals surface area contributed by atoms with Gasteiger partial charge in [0.05, 0.1) is 0 Å². The minimum absolute atomic E-state index is 0.612. The molecule has 94 valence electrons. The molecule has 1 saturated carbocycles. The topological polar surface area (TPSA) is 15.3 Å². The van der Waals surface area contributed by atoms with E-state index in [9.17, 15) is 0 Å². The highest BCUT2D eigenvalue weighted by Gasteiger charge is 2.30. The minimum atomic E-state index is 0.612. The summed E-state index contributed by atoms with van der Waals surface area (Å²) in [7, 11) is 4.10. The fourth-order valence-corrected chi connectivity index (χ4v) is 2.46. The second kappa shape index (κ2) is 5.28. The van der Waals surface area contributed by atoms with Crippen molar-refractivity contribution in [2.45, 2.75) is 32.4 Å². The van der Waals surface area contributed by atoms with E-state index in [1.54, 1.807) is 0 Å². The van der Waals surface area contributed by atoms with E-state index in [1.807, 2.05) is 7.05 Å². The van der Waals surface area contributed by atoms with Gasteiger partial charge in [0.15, 0.2) is 0 Å². The molecule has 17 heavy (non-hydrogen) atoms. The van der Waals surface area contributed by atoms with E-state index in [-0.39, 0.29) is 0 Å². The van der Waals surface area contributed by atoms with Crippen LogP contribution < -0.4 is 10.2 Å². The molecular weight excluding hydrogens is 232 g/mol. The van der Waals surface area contributed by atoms with Crippen molar-refractivity contribution in [3.05, 3.63) is 28.8 Å². The number of benzene rings is 1. The lowest BCUT2D eigenvalue weighted by molar-refractivity contribution is 0.609. The molecule has 0 aromatic heterocycles. The molecule has 1 atom stereocenters. The molecule has 0 spiro atoms. The molecule has 0 bridgehead atoms. The SMILES string of the molecule is CNCc1ccc(N(C)C(C)C2CC2)cc1Cl. The summed E-state index contributed by atoms with van der Waals surface area (Å²) in [5.41, 5.74) is 2.37. The molecule has 1 aromatic carbocycles. The highest BCUT2D eigenvalue weighted by molar-refractivity contribution is 6.31. The van der Waals surface area contributed by atoms with Crippen molar-refractivity contribution >= 4 is 17.3 Å². The van der Waals surface area contributed by atoms with Gasteiger partial charge in [0, 0.05) is 30.3 Å². The number of halogens is 1. The van der Waals surface area contributed by atoms with E-state index in [2.05, 4.69) is 42.4 Å². The molecule has 1 aromatic rings. The van der Waals surface area contributed by atoms with E-state index < -0.39 is 0 Å². The molecule has 3 heteroatoms. The quantitative estimate of drug-likeness (QED) is 0.865. The maximum absolute atomic E-state index is 6.29. The first-order valence-corrected chi connectivity index (χ1v) is 6.67. The molecule has 2 rings (SSSR count). The molecule has 1 aliphatic carbocycles. The average Bonchev–Trinajstić information content (AvgIpc) is 3.14. The highest BCUT2D eigenvalue weighted by atomic mass is 35.5. The smallest absolute Gasteiger partial charge is 0.0471 e. The predicted octanol–water partition coefficient (Wildman–Crippen LogP) is 3.29. The summed E-state index contributed by atoms with van der Waals surface area (Å²) in [6.45, 7) is 3.12. The minimum Gasteiger partial charge on any atom is -0.372 e. The maximum atomic E-state index is 6.29. The molecule has 2 nitrogen and oxygen atoms in total. The zero-order valence-electron chi connectivity index (χ0n) is 10.8. The zero-order valence-corrected chi connectivity index (χ0v) is 11.6. The Hall–Kier alpha value is -0.730. The van der Waals surface area contributed by atoms with Crippen LogP contribution in [0.2, 0.25) is 5.02 Å². The summed E-state index contributed by atoms with van der Waals surface area (Å²) < 4.78 is 0. The molecule has 1 fully saturated rings. The van der Waals surface area contributed by atoms with Gasteiger partial charge in [-0.1, -0.05) is 17.7 Å². The van der Waals surface area contributed by atoms with Gasteiger partial charge in [0.1, 0.15) is 0 Å². The second-order valence-corrected chi connectivity index (χ2v) is 5.40. The van der Waals surface area contributed by atoms with Crippen LogP contribution in [-0.4, -0.2) is 20.1 Å². The van der Waals surface area contributed by atoms with Gasteiger partial charge in [-0.25, -0.2) is 0 Å². The largest absolute Gasteiger partial charge is 0.372 e. The summed E-state index contributed by atoms with van der Waals surface area (Å²) in [6.07, 6.45) is 2.74. The lowest BCUT2D eigenvalue weighted by atomic mass is 10.1. The van der Waals surface area contributed by atoms with Gasteiger partial charge < -0.3 is 10.2 Å². The summed E-state index contributed by atoms with van der Waals surface area (Å²) in [6, 6.07) is 6.97. The van der Waals surface area contributed by atoms with Crippen molar-refractivity contribution in [1.29, 1.82) is 0 Å². The first-order valence-electron chi connectivity index (χ1n) is 6.29. The van der Waals surface area contributed by atoms with Crippen LogP contribution in [0.5, 0.6) is 0 Å². The van der Waals surface area contributed by atoms with Crippen LogP contribution in [0.4, 0.5) is 5.69 Å². The van der Waals surface area contributed by atoms with Crippen LogP contribution in [0, 0.1) is 5.92 Å². The standard InChI is InChI=1S/C14H21ClN2/c1-10(11-4-5-11)17(3)13-7-6-12(9-16-2)14(15)8-13/h6-8,10-11,16H,4-5,9H2,1-3H3. The van der Waals surface area contributed by atoms with Crippen LogP contribution in [0.15, 0.2) is 18.2 Å². The van der Waals surface area contributed by atoms with Crippen molar-refractivity contribution < 1.29 is 0 Å². The molecular formula is C14H21ClN2. The third-order valence-corrected chi connectivity index (χ3v) is 4.08. The zero-order chi connectivity index (χ0) is 12.4. The van der Waals surface area contributed by atoms with E-state index in [0.717, 1.165) is 23.0 Å². The Morgan fingerprint density at radius 1 is 1.47 bits per heavy atom. The molecule has 0 amide bonds. The Morgan fingerprint density at radius 3 is 2.71 bits per heavy atom. The summed E-state index contributed by atoms with van der Waals surface area (Å²) >= 11 is 6.29. The Bertz CT molecular complexity index is 388. The molecule has 0 aliphatic heterocycles. The normalized spacial score (nSPS) is 16.9. The van der Waals surface area contributed by atoms with E-state index in [1.165, 1.54) is 18.5 Å². The second-order valence-electron chi connectivity index (χ2n) is 4.99. The Kier molecular flexibility index (Phi) is 3.95. The van der Waals surface area contributed by atoms with Crippen LogP contribution in [0.25, 0.3) is 0 Å². The van der Waals surface area contributed by atoms with Crippen LogP contribution in [0.3, 0.4) is 0 Å². The lowest BCUT2D eigenvalue weighted by Crippen LogP contribution is -2.30. The summed E-state index contributed by atoms with van der Waals surface area (Å²) in [5, 5.41) is 3.98. The molecule has 1 aliphatic rings. The number of nitrogens with one attached hydrogen (secondary N) is 1. The lowest BCUT2D eigenvalue weighted by Gasteiger charge is -2.27. The van der Waals surface area contributed by atoms with E-state index >= 15 is 0 Å². The van der Waals surface area contributed by atoms with Crippen molar-refractivity contribution in [1.82, 2.24) is 5.32 Å². The molecule has 0 heterocycles. The number of rotatable bonds is 5. The van der Waals surface area contributed by atoms with Crippen molar-refractivity contribution in [3.8, 4) is 0 Å². The van der Waals surface area contributed by atoms with Gasteiger partial charge in [-0.2, -0.15) is 0 Å². The van der Waals surface area contributed by atoms with Gasteiger partial charge in [0.2, 0.25) is 0 Å².